The van der Waals surface area contributed by atoms with Gasteiger partial charge in [-0.15, -0.1) is 0 Å². The van der Waals surface area contributed by atoms with Crippen LogP contribution in [-0.4, -0.2) is 26.2 Å². The minimum atomic E-state index is -0.345. The van der Waals surface area contributed by atoms with Crippen molar-refractivity contribution in [3.8, 4) is 11.5 Å². The molecule has 1 atom stereocenters. The fourth-order valence-electron chi connectivity index (χ4n) is 2.10. The van der Waals surface area contributed by atoms with Crippen molar-refractivity contribution in [1.82, 2.24) is 5.32 Å². The Morgan fingerprint density at radius 1 is 1.25 bits per heavy atom. The molecule has 0 bridgehead atoms. The van der Waals surface area contributed by atoms with Gasteiger partial charge in [0, 0.05) is 6.54 Å². The van der Waals surface area contributed by atoms with Crippen LogP contribution < -0.4 is 20.5 Å². The number of ether oxygens (including phenoxy) is 2. The third-order valence-corrected chi connectivity index (χ3v) is 3.33. The number of carbonyl (C=O) groups is 1. The molecule has 0 radical (unpaired) electrons. The quantitative estimate of drug-likeness (QED) is 0.796. The second kappa shape index (κ2) is 7.14. The highest BCUT2D eigenvalue weighted by atomic mass is 16.5. The van der Waals surface area contributed by atoms with Gasteiger partial charge in [0.15, 0.2) is 11.5 Å². The summed E-state index contributed by atoms with van der Waals surface area (Å²) in [6.45, 7) is 6.47. The van der Waals surface area contributed by atoms with Crippen LogP contribution in [0.15, 0.2) is 12.1 Å². The van der Waals surface area contributed by atoms with Crippen LogP contribution >= 0.6 is 0 Å². The molecular formula is C15H24N2O3. The Bertz CT molecular complexity index is 472. The van der Waals surface area contributed by atoms with Gasteiger partial charge in [0.25, 0.3) is 0 Å². The summed E-state index contributed by atoms with van der Waals surface area (Å²) >= 11 is 0. The highest BCUT2D eigenvalue weighted by molar-refractivity contribution is 5.80. The monoisotopic (exact) mass is 280 g/mol. The molecule has 20 heavy (non-hydrogen) atoms. The van der Waals surface area contributed by atoms with Gasteiger partial charge in [0.05, 0.1) is 20.3 Å². The second-order valence-corrected chi connectivity index (χ2v) is 5.14. The van der Waals surface area contributed by atoms with Crippen molar-refractivity contribution in [1.29, 1.82) is 0 Å². The van der Waals surface area contributed by atoms with Gasteiger partial charge in [-0.3, -0.25) is 4.79 Å². The van der Waals surface area contributed by atoms with Crippen LogP contribution in [0.3, 0.4) is 0 Å². The molecule has 5 heteroatoms. The largest absolute Gasteiger partial charge is 0.493 e. The number of benzene rings is 1. The Kier molecular flexibility index (Phi) is 5.82. The third kappa shape index (κ3) is 3.87. The molecule has 0 heterocycles. The van der Waals surface area contributed by atoms with E-state index in [0.29, 0.717) is 18.0 Å². The lowest BCUT2D eigenvalue weighted by molar-refractivity contribution is -0.121. The van der Waals surface area contributed by atoms with Crippen molar-refractivity contribution in [3.63, 3.8) is 0 Å². The molecule has 1 aromatic carbocycles. The van der Waals surface area contributed by atoms with Gasteiger partial charge < -0.3 is 20.5 Å². The van der Waals surface area contributed by atoms with Crippen molar-refractivity contribution in [3.05, 3.63) is 23.3 Å². The van der Waals surface area contributed by atoms with Crippen molar-refractivity contribution < 1.29 is 14.3 Å². The van der Waals surface area contributed by atoms with Crippen LogP contribution in [0.1, 0.15) is 25.0 Å². The molecular weight excluding hydrogens is 256 g/mol. The Morgan fingerprint density at radius 3 is 2.25 bits per heavy atom. The summed E-state index contributed by atoms with van der Waals surface area (Å²) in [5.41, 5.74) is 7.52. The first-order valence-corrected chi connectivity index (χ1v) is 6.64. The average molecular weight is 280 g/mol. The number of hydrogen-bond acceptors (Lipinski definition) is 4. The van der Waals surface area contributed by atoms with E-state index in [-0.39, 0.29) is 17.9 Å². The summed E-state index contributed by atoms with van der Waals surface area (Å²) in [7, 11) is 3.21. The van der Waals surface area contributed by atoms with Gasteiger partial charge in [0.1, 0.15) is 0 Å². The fourth-order valence-corrected chi connectivity index (χ4v) is 2.10. The predicted octanol–water partition coefficient (Wildman–Crippen LogP) is 1.61. The minimum absolute atomic E-state index is 0.146. The molecule has 1 amide bonds. The minimum Gasteiger partial charge on any atom is -0.493 e. The molecule has 112 valence electrons. The lowest BCUT2D eigenvalue weighted by atomic mass is 10.0. The number of methoxy groups -OCH3 is 2. The Balaban J connectivity index is 2.90. The predicted molar refractivity (Wildman–Crippen MR) is 78.9 cm³/mol. The number of amides is 1. The summed E-state index contributed by atoms with van der Waals surface area (Å²) in [5.74, 6) is 1.19. The van der Waals surface area contributed by atoms with Crippen LogP contribution in [0, 0.1) is 12.8 Å². The van der Waals surface area contributed by atoms with E-state index >= 15 is 0 Å². The number of nitrogens with two attached hydrogens (primary N) is 1. The summed E-state index contributed by atoms with van der Waals surface area (Å²) in [6.07, 6.45) is 0. The topological polar surface area (TPSA) is 73.6 Å². The van der Waals surface area contributed by atoms with E-state index in [9.17, 15) is 4.79 Å². The lowest BCUT2D eigenvalue weighted by Crippen LogP contribution is -2.44. The van der Waals surface area contributed by atoms with E-state index in [0.717, 1.165) is 11.1 Å². The molecule has 0 saturated carbocycles. The molecule has 0 fully saturated rings. The van der Waals surface area contributed by atoms with Crippen LogP contribution in [0.4, 0.5) is 0 Å². The number of carbonyl (C=O) groups excluding carboxylic acids is 1. The first kappa shape index (κ1) is 16.3. The van der Waals surface area contributed by atoms with Gasteiger partial charge in [-0.25, -0.2) is 0 Å². The zero-order valence-electron chi connectivity index (χ0n) is 12.8. The normalized spacial score (nSPS) is 12.3. The molecule has 0 aliphatic carbocycles. The fraction of sp³-hybridized carbons (Fsp3) is 0.533. The zero-order valence-corrected chi connectivity index (χ0v) is 12.8. The Hall–Kier alpha value is -1.75. The van der Waals surface area contributed by atoms with Crippen LogP contribution in [-0.2, 0) is 11.3 Å². The lowest BCUT2D eigenvalue weighted by Gasteiger charge is -2.20. The molecule has 1 aromatic rings. The van der Waals surface area contributed by atoms with Crippen LogP contribution in [0.25, 0.3) is 0 Å². The van der Waals surface area contributed by atoms with Gasteiger partial charge in [0.2, 0.25) is 5.91 Å². The summed E-state index contributed by atoms with van der Waals surface area (Å²) in [5, 5.41) is 3.19. The summed E-state index contributed by atoms with van der Waals surface area (Å²) in [6, 6.07) is 3.49. The van der Waals surface area contributed by atoms with Crippen molar-refractivity contribution in [2.75, 3.05) is 14.2 Å². The second-order valence-electron chi connectivity index (χ2n) is 5.14. The molecule has 5 nitrogen and oxygen atoms in total. The zero-order chi connectivity index (χ0) is 15.3. The van der Waals surface area contributed by atoms with E-state index < -0.39 is 0 Å². The summed E-state index contributed by atoms with van der Waals surface area (Å²) < 4.78 is 10.5. The first-order valence-electron chi connectivity index (χ1n) is 6.64. The van der Waals surface area contributed by atoms with E-state index in [1.807, 2.05) is 32.9 Å². The molecule has 1 rings (SSSR count). The maximum absolute atomic E-state index is 11.4. The SMILES string of the molecule is COc1cc(C)c(CN[C@@H](C(N)=O)C(C)C)cc1OC. The highest BCUT2D eigenvalue weighted by Crippen LogP contribution is 2.30. The molecule has 3 N–H and O–H groups in total. The molecule has 0 unspecified atom stereocenters. The van der Waals surface area contributed by atoms with Gasteiger partial charge >= 0.3 is 0 Å². The number of aryl methyl sites for hydroxylation is 1. The number of primary amides is 1. The van der Waals surface area contributed by atoms with E-state index in [4.69, 9.17) is 15.2 Å². The number of hydrogen-bond donors (Lipinski definition) is 2. The standard InChI is InChI=1S/C15H24N2O3/c1-9(2)14(15(16)18)17-8-11-7-13(20-5)12(19-4)6-10(11)3/h6-7,9,14,17H,8H2,1-5H3,(H2,16,18)/t14-/m1/s1. The first-order chi connectivity index (χ1) is 9.40. The van der Waals surface area contributed by atoms with E-state index in [1.165, 1.54) is 0 Å². The number of nitrogens with one attached hydrogen (secondary N) is 1. The van der Waals surface area contributed by atoms with Gasteiger partial charge in [-0.2, -0.15) is 0 Å². The highest BCUT2D eigenvalue weighted by Gasteiger charge is 2.19. The van der Waals surface area contributed by atoms with Crippen molar-refractivity contribution in [2.45, 2.75) is 33.4 Å². The van der Waals surface area contributed by atoms with E-state index in [2.05, 4.69) is 5.32 Å². The summed E-state index contributed by atoms with van der Waals surface area (Å²) in [4.78, 5) is 11.4. The average Bonchev–Trinajstić information content (AvgIpc) is 2.39. The van der Waals surface area contributed by atoms with Crippen molar-refractivity contribution in [2.24, 2.45) is 11.7 Å². The van der Waals surface area contributed by atoms with Gasteiger partial charge in [-0.1, -0.05) is 13.8 Å². The van der Waals surface area contributed by atoms with Crippen LogP contribution in [0.2, 0.25) is 0 Å². The Morgan fingerprint density at radius 2 is 1.80 bits per heavy atom. The van der Waals surface area contributed by atoms with Crippen LogP contribution in [0.5, 0.6) is 11.5 Å². The van der Waals surface area contributed by atoms with E-state index in [1.54, 1.807) is 14.2 Å². The molecule has 0 aliphatic heterocycles. The molecule has 0 aromatic heterocycles. The van der Waals surface area contributed by atoms with Gasteiger partial charge in [-0.05, 0) is 36.1 Å². The molecule has 0 spiro atoms. The number of rotatable bonds is 7. The maximum atomic E-state index is 11.4. The molecule has 0 aliphatic rings. The maximum Gasteiger partial charge on any atom is 0.234 e. The smallest absolute Gasteiger partial charge is 0.234 e. The molecule has 0 saturated heterocycles. The van der Waals surface area contributed by atoms with Crippen molar-refractivity contribution >= 4 is 5.91 Å². The Labute approximate surface area is 120 Å². The third-order valence-electron chi connectivity index (χ3n) is 3.33.